The third kappa shape index (κ3) is 3.23. The Hall–Kier alpha value is -1.30. The zero-order valence-electron chi connectivity index (χ0n) is 12.0. The maximum absolute atomic E-state index is 11.2. The van der Waals surface area contributed by atoms with Gasteiger partial charge in [-0.25, -0.2) is 4.98 Å². The minimum Gasteiger partial charge on any atom is -0.363 e. The van der Waals surface area contributed by atoms with Crippen molar-refractivity contribution < 1.29 is 4.92 Å². The van der Waals surface area contributed by atoms with Crippen LogP contribution in [0, 0.1) is 17.0 Å². The third-order valence-electron chi connectivity index (χ3n) is 4.08. The highest BCUT2D eigenvalue weighted by Gasteiger charge is 2.32. The van der Waals surface area contributed by atoms with E-state index in [0.717, 1.165) is 6.54 Å². The van der Waals surface area contributed by atoms with Crippen molar-refractivity contribution in [2.24, 2.45) is 0 Å². The summed E-state index contributed by atoms with van der Waals surface area (Å²) in [5.41, 5.74) is 0.744. The lowest BCUT2D eigenvalue weighted by molar-refractivity contribution is -0.384. The molecule has 1 aliphatic carbocycles. The molecular weight excluding hydrogens is 274 g/mol. The molecule has 0 bridgehead atoms. The molecule has 1 saturated carbocycles. The molecule has 6 heteroatoms. The van der Waals surface area contributed by atoms with Gasteiger partial charge in [-0.3, -0.25) is 10.1 Å². The topological polar surface area (TPSA) is 68.1 Å². The van der Waals surface area contributed by atoms with Crippen LogP contribution in [-0.4, -0.2) is 27.5 Å². The maximum atomic E-state index is 11.2. The van der Waals surface area contributed by atoms with Gasteiger partial charge in [0.2, 0.25) is 5.82 Å². The quantitative estimate of drug-likeness (QED) is 0.661. The molecule has 0 aromatic carbocycles. The van der Waals surface area contributed by atoms with Gasteiger partial charge in [0, 0.05) is 23.1 Å². The number of pyridine rings is 1. The number of aryl methyl sites for hydroxylation is 1. The number of nitrogens with zero attached hydrogens (tertiary/aromatic N) is 2. The smallest absolute Gasteiger partial charge is 0.314 e. The molecular formula is C14H21N3O2S. The first-order valence-electron chi connectivity index (χ1n) is 6.97. The Morgan fingerprint density at radius 3 is 2.75 bits per heavy atom. The highest BCUT2D eigenvalue weighted by molar-refractivity contribution is 8.00. The van der Waals surface area contributed by atoms with Crippen molar-refractivity contribution in [3.05, 3.63) is 27.9 Å². The number of hydrogen-bond donors (Lipinski definition) is 1. The number of aromatic nitrogens is 1. The van der Waals surface area contributed by atoms with Gasteiger partial charge >= 0.3 is 5.69 Å². The molecule has 0 spiro atoms. The summed E-state index contributed by atoms with van der Waals surface area (Å²) in [6.07, 6.45) is 9.87. The lowest BCUT2D eigenvalue weighted by Crippen LogP contribution is -2.35. The SMILES string of the molecule is CSC1(CNc2nccc(C)c2[N+](=O)[O-])CCCCC1. The molecule has 0 aliphatic heterocycles. The first-order valence-corrected chi connectivity index (χ1v) is 8.19. The fourth-order valence-corrected chi connectivity index (χ4v) is 3.72. The fraction of sp³-hybridized carbons (Fsp3) is 0.643. The van der Waals surface area contributed by atoms with E-state index in [0.29, 0.717) is 11.4 Å². The van der Waals surface area contributed by atoms with Crippen molar-refractivity contribution in [1.29, 1.82) is 0 Å². The molecule has 2 rings (SSSR count). The van der Waals surface area contributed by atoms with Crippen LogP contribution in [0.3, 0.4) is 0 Å². The molecule has 0 amide bonds. The van der Waals surface area contributed by atoms with Gasteiger partial charge in [0.05, 0.1) is 4.92 Å². The first kappa shape index (κ1) is 15.1. The summed E-state index contributed by atoms with van der Waals surface area (Å²) in [7, 11) is 0. The molecule has 1 aromatic heterocycles. The summed E-state index contributed by atoms with van der Waals surface area (Å²) in [4.78, 5) is 15.0. The summed E-state index contributed by atoms with van der Waals surface area (Å²) >= 11 is 1.87. The number of nitro groups is 1. The Morgan fingerprint density at radius 2 is 2.15 bits per heavy atom. The van der Waals surface area contributed by atoms with E-state index in [9.17, 15) is 10.1 Å². The van der Waals surface area contributed by atoms with E-state index in [1.54, 1.807) is 19.2 Å². The fourth-order valence-electron chi connectivity index (χ4n) is 2.80. The van der Waals surface area contributed by atoms with Crippen molar-refractivity contribution >= 4 is 23.3 Å². The van der Waals surface area contributed by atoms with Crippen LogP contribution >= 0.6 is 11.8 Å². The van der Waals surface area contributed by atoms with Gasteiger partial charge < -0.3 is 5.32 Å². The minimum absolute atomic E-state index is 0.0968. The number of hydrogen-bond acceptors (Lipinski definition) is 5. The van der Waals surface area contributed by atoms with Gasteiger partial charge in [-0.1, -0.05) is 19.3 Å². The molecule has 1 fully saturated rings. The molecule has 1 N–H and O–H groups in total. The highest BCUT2D eigenvalue weighted by Crippen LogP contribution is 2.39. The molecule has 110 valence electrons. The van der Waals surface area contributed by atoms with Crippen molar-refractivity contribution in [3.8, 4) is 0 Å². The van der Waals surface area contributed by atoms with E-state index in [-0.39, 0.29) is 15.4 Å². The number of nitrogens with one attached hydrogen (secondary N) is 1. The Labute approximate surface area is 123 Å². The van der Waals surface area contributed by atoms with E-state index in [1.807, 2.05) is 11.8 Å². The van der Waals surface area contributed by atoms with Crippen LogP contribution in [0.15, 0.2) is 12.3 Å². The zero-order valence-corrected chi connectivity index (χ0v) is 12.8. The second-order valence-corrected chi connectivity index (χ2v) is 6.66. The number of thioether (sulfide) groups is 1. The van der Waals surface area contributed by atoms with E-state index in [2.05, 4.69) is 16.6 Å². The average molecular weight is 295 g/mol. The van der Waals surface area contributed by atoms with Crippen LogP contribution < -0.4 is 5.32 Å². The predicted molar refractivity (Wildman–Crippen MR) is 83.4 cm³/mol. The Kier molecular flexibility index (Phi) is 4.86. The van der Waals surface area contributed by atoms with Crippen molar-refractivity contribution in [1.82, 2.24) is 4.98 Å². The molecule has 1 heterocycles. The number of rotatable bonds is 5. The predicted octanol–water partition coefficient (Wildman–Crippen LogP) is 3.78. The molecule has 20 heavy (non-hydrogen) atoms. The normalized spacial score (nSPS) is 17.7. The van der Waals surface area contributed by atoms with Gasteiger partial charge in [-0.2, -0.15) is 11.8 Å². The lowest BCUT2D eigenvalue weighted by Gasteiger charge is -2.35. The van der Waals surface area contributed by atoms with Crippen LogP contribution in [0.2, 0.25) is 0 Å². The van der Waals surface area contributed by atoms with Gasteiger partial charge in [0.1, 0.15) is 0 Å². The summed E-state index contributed by atoms with van der Waals surface area (Å²) in [5, 5.41) is 14.4. The summed E-state index contributed by atoms with van der Waals surface area (Å²) in [6.45, 7) is 2.49. The van der Waals surface area contributed by atoms with Crippen LogP contribution in [0.4, 0.5) is 11.5 Å². The van der Waals surface area contributed by atoms with Gasteiger partial charge in [-0.15, -0.1) is 0 Å². The molecule has 1 aliphatic rings. The summed E-state index contributed by atoms with van der Waals surface area (Å²) in [6, 6.07) is 1.67. The van der Waals surface area contributed by atoms with E-state index < -0.39 is 0 Å². The van der Waals surface area contributed by atoms with Gasteiger partial charge in [0.15, 0.2) is 0 Å². The molecule has 0 saturated heterocycles. The molecule has 0 atom stereocenters. The lowest BCUT2D eigenvalue weighted by atomic mass is 9.88. The minimum atomic E-state index is -0.350. The average Bonchev–Trinajstić information content (AvgIpc) is 2.45. The Balaban J connectivity index is 2.14. The summed E-state index contributed by atoms with van der Waals surface area (Å²) in [5.74, 6) is 0.397. The van der Waals surface area contributed by atoms with E-state index >= 15 is 0 Å². The molecule has 0 unspecified atom stereocenters. The van der Waals surface area contributed by atoms with E-state index in [1.165, 1.54) is 32.1 Å². The van der Waals surface area contributed by atoms with E-state index in [4.69, 9.17) is 0 Å². The molecule has 1 aromatic rings. The zero-order chi connectivity index (χ0) is 14.6. The monoisotopic (exact) mass is 295 g/mol. The Bertz CT molecular complexity index is 487. The number of anilines is 1. The molecule has 5 nitrogen and oxygen atoms in total. The molecule has 0 radical (unpaired) electrons. The van der Waals surface area contributed by atoms with Crippen LogP contribution in [0.5, 0.6) is 0 Å². The largest absolute Gasteiger partial charge is 0.363 e. The standard InChI is InChI=1S/C14H21N3O2S/c1-11-6-9-15-13(12(11)17(18)19)16-10-14(20-2)7-4-3-5-8-14/h6,9H,3-5,7-8,10H2,1-2H3,(H,15,16). The third-order valence-corrected chi connectivity index (χ3v) is 5.50. The van der Waals surface area contributed by atoms with Crippen LogP contribution in [-0.2, 0) is 0 Å². The van der Waals surface area contributed by atoms with Crippen LogP contribution in [0.25, 0.3) is 0 Å². The first-order chi connectivity index (χ1) is 9.58. The second-order valence-electron chi connectivity index (χ2n) is 5.38. The maximum Gasteiger partial charge on any atom is 0.314 e. The van der Waals surface area contributed by atoms with Crippen molar-refractivity contribution in [2.75, 3.05) is 18.1 Å². The Morgan fingerprint density at radius 1 is 1.45 bits per heavy atom. The second kappa shape index (κ2) is 6.43. The van der Waals surface area contributed by atoms with Crippen molar-refractivity contribution in [3.63, 3.8) is 0 Å². The van der Waals surface area contributed by atoms with Crippen LogP contribution in [0.1, 0.15) is 37.7 Å². The highest BCUT2D eigenvalue weighted by atomic mass is 32.2. The van der Waals surface area contributed by atoms with Gasteiger partial charge in [-0.05, 0) is 32.1 Å². The summed E-state index contributed by atoms with van der Waals surface area (Å²) < 4.78 is 0.192. The van der Waals surface area contributed by atoms with Crippen molar-refractivity contribution in [2.45, 2.75) is 43.8 Å². The van der Waals surface area contributed by atoms with Gasteiger partial charge in [0.25, 0.3) is 0 Å².